The van der Waals surface area contributed by atoms with Crippen molar-refractivity contribution in [3.63, 3.8) is 0 Å². The van der Waals surface area contributed by atoms with Gasteiger partial charge in [0.05, 0.1) is 24.1 Å². The Morgan fingerprint density at radius 2 is 1.29 bits per heavy atom. The van der Waals surface area contributed by atoms with Crippen molar-refractivity contribution in [1.82, 2.24) is 10.2 Å². The standard InChI is InChI=1S/C14H18N2O5.C9H10N2O3/c1-14(2,3)21-13(17)15-7-9-5-11(16(18)19)12(20-4)6-10(9)8-15;1-14-9-3-7-5-10-4-6(7)2-8(9)11(12)13/h5-6H,7-8H2,1-4H3;2-3,10H,4-5H2,1H3. The molecule has 4 rings (SSSR count). The summed E-state index contributed by atoms with van der Waals surface area (Å²) in [5, 5.41) is 24.8. The van der Waals surface area contributed by atoms with Crippen molar-refractivity contribution in [2.45, 2.75) is 52.6 Å². The van der Waals surface area contributed by atoms with Gasteiger partial charge in [-0.15, -0.1) is 0 Å². The molecule has 2 aliphatic rings. The summed E-state index contributed by atoms with van der Waals surface area (Å²) in [6.45, 7) is 7.49. The molecule has 0 unspecified atom stereocenters. The molecular formula is C23H28N4O8. The van der Waals surface area contributed by atoms with Gasteiger partial charge in [-0.2, -0.15) is 0 Å². The van der Waals surface area contributed by atoms with Gasteiger partial charge in [0, 0.05) is 38.3 Å². The van der Waals surface area contributed by atoms with Crippen molar-refractivity contribution in [2.75, 3.05) is 14.2 Å². The SMILES string of the molecule is COc1cc2c(cc1[N+](=O)[O-])CN(C(=O)OC(C)(C)C)C2.COc1cc2c(cc1[N+](=O)[O-])CNC2. The first-order valence-corrected chi connectivity index (χ1v) is 10.8. The van der Waals surface area contributed by atoms with Crippen LogP contribution in [0, 0.1) is 20.2 Å². The highest BCUT2D eigenvalue weighted by molar-refractivity contribution is 5.70. The van der Waals surface area contributed by atoms with E-state index < -0.39 is 21.5 Å². The summed E-state index contributed by atoms with van der Waals surface area (Å²) in [6.07, 6.45) is -0.430. The number of hydrogen-bond donors (Lipinski definition) is 1. The maximum Gasteiger partial charge on any atom is 0.410 e. The van der Waals surface area contributed by atoms with Crippen LogP contribution in [0.4, 0.5) is 16.2 Å². The lowest BCUT2D eigenvalue weighted by Gasteiger charge is -2.24. The number of nitro benzene ring substituents is 2. The summed E-state index contributed by atoms with van der Waals surface area (Å²) in [6, 6.07) is 6.37. The van der Waals surface area contributed by atoms with Crippen molar-refractivity contribution >= 4 is 17.5 Å². The molecule has 0 atom stereocenters. The molecule has 188 valence electrons. The average Bonchev–Trinajstić information content (AvgIpc) is 3.42. The number of carbonyl (C=O) groups excluding carboxylic acids is 1. The molecule has 0 aromatic heterocycles. The summed E-state index contributed by atoms with van der Waals surface area (Å²) in [4.78, 5) is 34.3. The number of benzene rings is 2. The smallest absolute Gasteiger partial charge is 0.410 e. The Kier molecular flexibility index (Phi) is 7.44. The average molecular weight is 488 g/mol. The van der Waals surface area contributed by atoms with Crippen LogP contribution in [0.3, 0.4) is 0 Å². The van der Waals surface area contributed by atoms with E-state index in [1.54, 1.807) is 39.0 Å². The van der Waals surface area contributed by atoms with Crippen molar-refractivity contribution in [1.29, 1.82) is 0 Å². The maximum atomic E-state index is 12.0. The molecule has 0 saturated carbocycles. The lowest BCUT2D eigenvalue weighted by atomic mass is 10.1. The predicted octanol–water partition coefficient (Wildman–Crippen LogP) is 4.06. The highest BCUT2D eigenvalue weighted by Crippen LogP contribution is 2.35. The summed E-state index contributed by atoms with van der Waals surface area (Å²) >= 11 is 0. The Morgan fingerprint density at radius 1 is 0.857 bits per heavy atom. The second-order valence-corrected chi connectivity index (χ2v) is 9.04. The zero-order chi connectivity index (χ0) is 25.9. The summed E-state index contributed by atoms with van der Waals surface area (Å²) < 4.78 is 15.3. The molecule has 1 N–H and O–H groups in total. The van der Waals surface area contributed by atoms with Crippen LogP contribution in [0.5, 0.6) is 11.5 Å². The highest BCUT2D eigenvalue weighted by atomic mass is 16.6. The van der Waals surface area contributed by atoms with E-state index in [0.717, 1.165) is 28.8 Å². The summed E-state index contributed by atoms with van der Waals surface area (Å²) in [5.41, 5.74) is 3.01. The van der Waals surface area contributed by atoms with E-state index in [0.29, 0.717) is 25.4 Å². The number of methoxy groups -OCH3 is 2. The Labute approximate surface area is 202 Å². The third-order valence-corrected chi connectivity index (χ3v) is 5.40. The van der Waals surface area contributed by atoms with Gasteiger partial charge in [0.25, 0.3) is 0 Å². The number of hydrogen-bond acceptors (Lipinski definition) is 9. The van der Waals surface area contributed by atoms with Gasteiger partial charge in [-0.05, 0) is 55.2 Å². The molecule has 0 saturated heterocycles. The van der Waals surface area contributed by atoms with E-state index in [2.05, 4.69) is 5.32 Å². The molecule has 2 aliphatic heterocycles. The number of ether oxygens (including phenoxy) is 3. The van der Waals surface area contributed by atoms with Crippen molar-refractivity contribution in [2.24, 2.45) is 0 Å². The van der Waals surface area contributed by atoms with Gasteiger partial charge in [0.15, 0.2) is 11.5 Å². The normalized spacial score (nSPS) is 13.8. The number of fused-ring (bicyclic) bond motifs is 2. The van der Waals surface area contributed by atoms with Gasteiger partial charge in [-0.25, -0.2) is 4.79 Å². The van der Waals surface area contributed by atoms with E-state index >= 15 is 0 Å². The number of amides is 1. The van der Waals surface area contributed by atoms with Gasteiger partial charge >= 0.3 is 17.5 Å². The van der Waals surface area contributed by atoms with Crippen LogP contribution >= 0.6 is 0 Å². The maximum absolute atomic E-state index is 12.0. The largest absolute Gasteiger partial charge is 0.490 e. The van der Waals surface area contributed by atoms with Crippen LogP contribution in [0.15, 0.2) is 24.3 Å². The van der Waals surface area contributed by atoms with E-state index in [-0.39, 0.29) is 17.1 Å². The second kappa shape index (κ2) is 10.1. The first kappa shape index (κ1) is 25.7. The lowest BCUT2D eigenvalue weighted by Crippen LogP contribution is -2.33. The van der Waals surface area contributed by atoms with Crippen LogP contribution in [-0.4, -0.2) is 40.7 Å². The van der Waals surface area contributed by atoms with Gasteiger partial charge in [-0.1, -0.05) is 0 Å². The van der Waals surface area contributed by atoms with E-state index in [4.69, 9.17) is 14.2 Å². The quantitative estimate of drug-likeness (QED) is 0.497. The lowest BCUT2D eigenvalue weighted by molar-refractivity contribution is -0.385. The zero-order valence-corrected chi connectivity index (χ0v) is 20.2. The van der Waals surface area contributed by atoms with Gasteiger partial charge in [0.1, 0.15) is 5.60 Å². The minimum absolute atomic E-state index is 0.0370. The molecule has 12 nitrogen and oxygen atoms in total. The molecule has 0 spiro atoms. The van der Waals surface area contributed by atoms with Crippen LogP contribution in [-0.2, 0) is 30.9 Å². The highest BCUT2D eigenvalue weighted by Gasteiger charge is 2.30. The third kappa shape index (κ3) is 5.96. The van der Waals surface area contributed by atoms with Crippen molar-refractivity contribution in [3.8, 4) is 11.5 Å². The molecular weight excluding hydrogens is 460 g/mol. The number of nitrogens with zero attached hydrogens (tertiary/aromatic N) is 3. The molecule has 2 heterocycles. The molecule has 0 radical (unpaired) electrons. The number of nitro groups is 2. The van der Waals surface area contributed by atoms with E-state index in [1.807, 2.05) is 0 Å². The molecule has 12 heteroatoms. The molecule has 0 aliphatic carbocycles. The minimum atomic E-state index is -0.574. The van der Waals surface area contributed by atoms with Crippen LogP contribution in [0.1, 0.15) is 43.0 Å². The Morgan fingerprint density at radius 3 is 1.74 bits per heavy atom. The Hall–Kier alpha value is -3.93. The predicted molar refractivity (Wildman–Crippen MR) is 125 cm³/mol. The van der Waals surface area contributed by atoms with Crippen LogP contribution in [0.2, 0.25) is 0 Å². The molecule has 2 aromatic rings. The second-order valence-electron chi connectivity index (χ2n) is 9.04. The molecule has 2 aromatic carbocycles. The van der Waals surface area contributed by atoms with E-state index in [9.17, 15) is 25.0 Å². The van der Waals surface area contributed by atoms with Gasteiger partial charge in [0.2, 0.25) is 0 Å². The van der Waals surface area contributed by atoms with Crippen molar-refractivity contribution < 1.29 is 28.9 Å². The number of rotatable bonds is 4. The fourth-order valence-corrected chi connectivity index (χ4v) is 3.80. The molecule has 1 amide bonds. The Balaban J connectivity index is 0.000000211. The summed E-state index contributed by atoms with van der Waals surface area (Å²) in [5.74, 6) is 0.530. The fourth-order valence-electron chi connectivity index (χ4n) is 3.80. The van der Waals surface area contributed by atoms with Crippen LogP contribution in [0.25, 0.3) is 0 Å². The first-order chi connectivity index (χ1) is 16.4. The zero-order valence-electron chi connectivity index (χ0n) is 20.2. The molecule has 0 bridgehead atoms. The number of carbonyl (C=O) groups is 1. The first-order valence-electron chi connectivity index (χ1n) is 10.8. The molecule has 0 fully saturated rings. The van der Waals surface area contributed by atoms with E-state index in [1.165, 1.54) is 25.2 Å². The molecule has 35 heavy (non-hydrogen) atoms. The third-order valence-electron chi connectivity index (χ3n) is 5.40. The van der Waals surface area contributed by atoms with Gasteiger partial charge in [-0.3, -0.25) is 25.1 Å². The number of nitrogens with one attached hydrogen (secondary N) is 1. The topological polar surface area (TPSA) is 146 Å². The fraction of sp³-hybridized carbons (Fsp3) is 0.435. The monoisotopic (exact) mass is 488 g/mol. The summed E-state index contributed by atoms with van der Waals surface area (Å²) in [7, 11) is 2.83. The van der Waals surface area contributed by atoms with Crippen LogP contribution < -0.4 is 14.8 Å². The Bertz CT molecular complexity index is 1160. The van der Waals surface area contributed by atoms with Crippen molar-refractivity contribution in [3.05, 3.63) is 66.7 Å². The minimum Gasteiger partial charge on any atom is -0.490 e. The van der Waals surface area contributed by atoms with Gasteiger partial charge < -0.3 is 19.5 Å².